The van der Waals surface area contributed by atoms with E-state index in [4.69, 9.17) is 4.74 Å². The van der Waals surface area contributed by atoms with E-state index in [2.05, 4.69) is 5.32 Å². The fourth-order valence-electron chi connectivity index (χ4n) is 1.57. The molecule has 0 fully saturated rings. The minimum atomic E-state index is -0.0438. The lowest BCUT2D eigenvalue weighted by Crippen LogP contribution is -2.24. The minimum absolute atomic E-state index is 0.0438. The molecule has 2 N–H and O–H groups in total. The zero-order valence-electron chi connectivity index (χ0n) is 9.36. The summed E-state index contributed by atoms with van der Waals surface area (Å²) in [6, 6.07) is 7.76. The summed E-state index contributed by atoms with van der Waals surface area (Å²) < 4.78 is 5.52. The van der Waals surface area contributed by atoms with Crippen molar-refractivity contribution in [1.82, 2.24) is 5.32 Å². The summed E-state index contributed by atoms with van der Waals surface area (Å²) in [4.78, 5) is 0. The fraction of sp³-hybridized carbons (Fsp3) is 0.500. The van der Waals surface area contributed by atoms with Crippen LogP contribution in [0.2, 0.25) is 0 Å². The molecule has 0 radical (unpaired) electrons. The molecule has 0 saturated carbocycles. The standard InChI is InChI=1S/C12H19NO2/c1-3-13-11(9-14)10-7-5-6-8-12(10)15-4-2/h5-8,11,13-14H,3-4,9H2,1-2H3. The third-order valence-corrected chi connectivity index (χ3v) is 2.23. The van der Waals surface area contributed by atoms with Crippen LogP contribution in [-0.2, 0) is 0 Å². The first kappa shape index (κ1) is 12.0. The number of aliphatic hydroxyl groups excluding tert-OH is 1. The zero-order valence-corrected chi connectivity index (χ0v) is 9.36. The largest absolute Gasteiger partial charge is 0.494 e. The maximum absolute atomic E-state index is 9.29. The lowest BCUT2D eigenvalue weighted by Gasteiger charge is -2.18. The molecule has 1 rings (SSSR count). The van der Waals surface area contributed by atoms with Gasteiger partial charge in [-0.05, 0) is 19.5 Å². The summed E-state index contributed by atoms with van der Waals surface area (Å²) in [5, 5.41) is 12.5. The van der Waals surface area contributed by atoms with Gasteiger partial charge in [-0.2, -0.15) is 0 Å². The van der Waals surface area contributed by atoms with Crippen molar-refractivity contribution in [2.45, 2.75) is 19.9 Å². The molecule has 0 bridgehead atoms. The quantitative estimate of drug-likeness (QED) is 0.749. The average molecular weight is 209 g/mol. The molecule has 1 aromatic carbocycles. The Bertz CT molecular complexity index is 289. The molecule has 1 unspecified atom stereocenters. The normalized spacial score (nSPS) is 12.5. The number of hydrogen-bond donors (Lipinski definition) is 2. The molecule has 1 aromatic rings. The first-order chi connectivity index (χ1) is 7.33. The summed E-state index contributed by atoms with van der Waals surface area (Å²) in [6.07, 6.45) is 0. The summed E-state index contributed by atoms with van der Waals surface area (Å²) in [7, 11) is 0. The van der Waals surface area contributed by atoms with Gasteiger partial charge >= 0.3 is 0 Å². The van der Waals surface area contributed by atoms with Gasteiger partial charge in [-0.25, -0.2) is 0 Å². The van der Waals surface area contributed by atoms with E-state index < -0.39 is 0 Å². The molecule has 84 valence electrons. The summed E-state index contributed by atoms with van der Waals surface area (Å²) in [5.74, 6) is 0.847. The van der Waals surface area contributed by atoms with Crippen molar-refractivity contribution in [3.63, 3.8) is 0 Å². The Hall–Kier alpha value is -1.06. The van der Waals surface area contributed by atoms with Crippen LogP contribution in [0.5, 0.6) is 5.75 Å². The molecule has 3 heteroatoms. The van der Waals surface area contributed by atoms with Crippen molar-refractivity contribution in [2.75, 3.05) is 19.8 Å². The molecule has 1 atom stereocenters. The van der Waals surface area contributed by atoms with Crippen LogP contribution in [-0.4, -0.2) is 24.9 Å². The highest BCUT2D eigenvalue weighted by Crippen LogP contribution is 2.24. The Morgan fingerprint density at radius 1 is 1.33 bits per heavy atom. The van der Waals surface area contributed by atoms with Crippen LogP contribution in [0.1, 0.15) is 25.5 Å². The van der Waals surface area contributed by atoms with Crippen LogP contribution in [0.4, 0.5) is 0 Å². The van der Waals surface area contributed by atoms with Crippen molar-refractivity contribution in [3.05, 3.63) is 29.8 Å². The van der Waals surface area contributed by atoms with E-state index in [1.165, 1.54) is 0 Å². The predicted molar refractivity (Wildman–Crippen MR) is 61.1 cm³/mol. The van der Waals surface area contributed by atoms with Gasteiger partial charge in [0, 0.05) is 5.56 Å². The summed E-state index contributed by atoms with van der Waals surface area (Å²) in [6.45, 7) is 5.52. The molecule has 15 heavy (non-hydrogen) atoms. The highest BCUT2D eigenvalue weighted by atomic mass is 16.5. The van der Waals surface area contributed by atoms with Gasteiger partial charge in [-0.15, -0.1) is 0 Å². The SMILES string of the molecule is CCNC(CO)c1ccccc1OCC. The van der Waals surface area contributed by atoms with E-state index in [1.807, 2.05) is 38.1 Å². The summed E-state index contributed by atoms with van der Waals surface area (Å²) in [5.41, 5.74) is 1.02. The number of likely N-dealkylation sites (N-methyl/N-ethyl adjacent to an activating group) is 1. The van der Waals surface area contributed by atoms with Crippen LogP contribution in [0.15, 0.2) is 24.3 Å². The highest BCUT2D eigenvalue weighted by Gasteiger charge is 2.13. The first-order valence-corrected chi connectivity index (χ1v) is 5.39. The van der Waals surface area contributed by atoms with Crippen molar-refractivity contribution < 1.29 is 9.84 Å². The van der Waals surface area contributed by atoms with Crippen LogP contribution >= 0.6 is 0 Å². The second kappa shape index (κ2) is 6.43. The fourth-order valence-corrected chi connectivity index (χ4v) is 1.57. The average Bonchev–Trinajstić information content (AvgIpc) is 2.27. The van der Waals surface area contributed by atoms with Gasteiger partial charge in [0.15, 0.2) is 0 Å². The number of hydrogen-bond acceptors (Lipinski definition) is 3. The van der Waals surface area contributed by atoms with Crippen LogP contribution in [0.25, 0.3) is 0 Å². The van der Waals surface area contributed by atoms with E-state index >= 15 is 0 Å². The van der Waals surface area contributed by atoms with E-state index in [1.54, 1.807) is 0 Å². The number of nitrogens with one attached hydrogen (secondary N) is 1. The zero-order chi connectivity index (χ0) is 11.1. The molecule has 0 saturated heterocycles. The first-order valence-electron chi connectivity index (χ1n) is 5.39. The molecule has 0 heterocycles. The number of ether oxygens (including phenoxy) is 1. The third-order valence-electron chi connectivity index (χ3n) is 2.23. The maximum Gasteiger partial charge on any atom is 0.124 e. The maximum atomic E-state index is 9.29. The van der Waals surface area contributed by atoms with E-state index in [0.29, 0.717) is 6.61 Å². The van der Waals surface area contributed by atoms with E-state index in [-0.39, 0.29) is 12.6 Å². The van der Waals surface area contributed by atoms with Gasteiger partial charge < -0.3 is 15.2 Å². The molecule has 0 spiro atoms. The van der Waals surface area contributed by atoms with E-state index in [9.17, 15) is 5.11 Å². The topological polar surface area (TPSA) is 41.5 Å². The monoisotopic (exact) mass is 209 g/mol. The van der Waals surface area contributed by atoms with Gasteiger partial charge in [0.25, 0.3) is 0 Å². The van der Waals surface area contributed by atoms with Crippen molar-refractivity contribution in [1.29, 1.82) is 0 Å². The Kier molecular flexibility index (Phi) is 5.15. The van der Waals surface area contributed by atoms with Gasteiger partial charge in [0.2, 0.25) is 0 Å². The van der Waals surface area contributed by atoms with Crippen molar-refractivity contribution >= 4 is 0 Å². The second-order valence-electron chi connectivity index (χ2n) is 3.26. The molecule has 0 aliphatic carbocycles. The van der Waals surface area contributed by atoms with Crippen LogP contribution in [0, 0.1) is 0 Å². The van der Waals surface area contributed by atoms with Crippen LogP contribution in [0.3, 0.4) is 0 Å². The molecule has 0 amide bonds. The Morgan fingerprint density at radius 2 is 2.07 bits per heavy atom. The Labute approximate surface area is 91.1 Å². The second-order valence-corrected chi connectivity index (χ2v) is 3.26. The van der Waals surface area contributed by atoms with Crippen molar-refractivity contribution in [2.24, 2.45) is 0 Å². The van der Waals surface area contributed by atoms with Gasteiger partial charge in [-0.1, -0.05) is 25.1 Å². The minimum Gasteiger partial charge on any atom is -0.494 e. The molecular weight excluding hydrogens is 190 g/mol. The lowest BCUT2D eigenvalue weighted by atomic mass is 10.1. The smallest absolute Gasteiger partial charge is 0.124 e. The number of para-hydroxylation sites is 1. The van der Waals surface area contributed by atoms with E-state index in [0.717, 1.165) is 17.9 Å². The summed E-state index contributed by atoms with van der Waals surface area (Å²) >= 11 is 0. The predicted octanol–water partition coefficient (Wildman–Crippen LogP) is 1.73. The van der Waals surface area contributed by atoms with Gasteiger partial charge in [0.05, 0.1) is 19.3 Å². The molecule has 0 aliphatic rings. The van der Waals surface area contributed by atoms with Crippen LogP contribution < -0.4 is 10.1 Å². The number of aliphatic hydroxyl groups is 1. The lowest BCUT2D eigenvalue weighted by molar-refractivity contribution is 0.240. The highest BCUT2D eigenvalue weighted by molar-refractivity contribution is 5.36. The Balaban J connectivity index is 2.88. The number of benzene rings is 1. The van der Waals surface area contributed by atoms with Gasteiger partial charge in [0.1, 0.15) is 5.75 Å². The Morgan fingerprint density at radius 3 is 2.67 bits per heavy atom. The number of rotatable bonds is 6. The molecule has 0 aromatic heterocycles. The van der Waals surface area contributed by atoms with Gasteiger partial charge in [-0.3, -0.25) is 0 Å². The molecular formula is C12H19NO2. The third kappa shape index (κ3) is 3.22. The molecule has 0 aliphatic heterocycles. The molecule has 3 nitrogen and oxygen atoms in total. The van der Waals surface area contributed by atoms with Crippen molar-refractivity contribution in [3.8, 4) is 5.75 Å².